The number of hydrogen-bond donors (Lipinski definition) is 0. The van der Waals surface area contributed by atoms with E-state index in [1.54, 1.807) is 0 Å². The van der Waals surface area contributed by atoms with Crippen LogP contribution in [-0.2, 0) is 6.42 Å². The lowest BCUT2D eigenvalue weighted by Crippen LogP contribution is -2.20. The molecule has 0 aliphatic heterocycles. The third-order valence-electron chi connectivity index (χ3n) is 2.47. The van der Waals surface area contributed by atoms with Crippen molar-refractivity contribution in [2.75, 3.05) is 0 Å². The highest BCUT2D eigenvalue weighted by Gasteiger charge is 2.20. The first-order valence-electron chi connectivity index (χ1n) is 5.18. The first-order chi connectivity index (χ1) is 6.50. The van der Waals surface area contributed by atoms with Gasteiger partial charge in [-0.3, -0.25) is 0 Å². The number of hydrogen-bond acceptors (Lipinski definition) is 0. The van der Waals surface area contributed by atoms with Gasteiger partial charge in [0.1, 0.15) is 0 Å². The summed E-state index contributed by atoms with van der Waals surface area (Å²) in [5.41, 5.74) is 1.79. The molecule has 0 radical (unpaired) electrons. The van der Waals surface area contributed by atoms with Gasteiger partial charge in [-0.2, -0.15) is 0 Å². The molecular formula is C13H19Br. The summed E-state index contributed by atoms with van der Waals surface area (Å²) in [5.74, 6) is 0. The molecule has 0 amide bonds. The lowest BCUT2D eigenvalue weighted by Gasteiger charge is -2.25. The van der Waals surface area contributed by atoms with Crippen LogP contribution in [0.1, 0.15) is 32.8 Å². The predicted octanol–water partition coefficient (Wildman–Crippen LogP) is 4.43. The van der Waals surface area contributed by atoms with Crippen molar-refractivity contribution in [1.82, 2.24) is 0 Å². The van der Waals surface area contributed by atoms with Gasteiger partial charge in [0, 0.05) is 4.83 Å². The lowest BCUT2D eigenvalue weighted by atomic mass is 9.89. The second-order valence-corrected chi connectivity index (χ2v) is 5.96. The number of benzene rings is 1. The average Bonchev–Trinajstić information content (AvgIpc) is 2.14. The molecule has 0 saturated heterocycles. The van der Waals surface area contributed by atoms with Crippen molar-refractivity contribution in [1.29, 1.82) is 0 Å². The van der Waals surface area contributed by atoms with E-state index in [9.17, 15) is 0 Å². The quantitative estimate of drug-likeness (QED) is 0.701. The molecule has 1 aromatic carbocycles. The van der Waals surface area contributed by atoms with Crippen LogP contribution in [0.5, 0.6) is 0 Å². The van der Waals surface area contributed by atoms with Crippen LogP contribution in [-0.4, -0.2) is 4.83 Å². The third-order valence-corrected chi connectivity index (χ3v) is 4.30. The van der Waals surface area contributed by atoms with Gasteiger partial charge in [0.25, 0.3) is 0 Å². The van der Waals surface area contributed by atoms with Crippen molar-refractivity contribution >= 4 is 15.9 Å². The molecule has 0 aliphatic carbocycles. The van der Waals surface area contributed by atoms with Crippen LogP contribution in [0, 0.1) is 5.41 Å². The SMILES string of the molecule is CC(C)(C)C(Br)CCc1ccccc1. The van der Waals surface area contributed by atoms with Crippen LogP contribution in [0.25, 0.3) is 0 Å². The fourth-order valence-corrected chi connectivity index (χ4v) is 1.60. The van der Waals surface area contributed by atoms with Gasteiger partial charge in [0.05, 0.1) is 0 Å². The number of rotatable bonds is 3. The summed E-state index contributed by atoms with van der Waals surface area (Å²) in [5, 5.41) is 0. The molecule has 0 saturated carbocycles. The van der Waals surface area contributed by atoms with Crippen molar-refractivity contribution in [2.45, 2.75) is 38.4 Å². The molecule has 1 rings (SSSR count). The number of halogens is 1. The third kappa shape index (κ3) is 3.83. The Labute approximate surface area is 95.9 Å². The summed E-state index contributed by atoms with van der Waals surface area (Å²) in [7, 11) is 0. The summed E-state index contributed by atoms with van der Waals surface area (Å²) in [6, 6.07) is 10.7. The van der Waals surface area contributed by atoms with Gasteiger partial charge in [0.15, 0.2) is 0 Å². The maximum Gasteiger partial charge on any atom is 0.0197 e. The maximum atomic E-state index is 3.76. The van der Waals surface area contributed by atoms with Crippen LogP contribution >= 0.6 is 15.9 Å². The Hall–Kier alpha value is -0.300. The average molecular weight is 255 g/mol. The Bertz CT molecular complexity index is 258. The van der Waals surface area contributed by atoms with Crippen molar-refractivity contribution < 1.29 is 0 Å². The van der Waals surface area contributed by atoms with E-state index in [4.69, 9.17) is 0 Å². The van der Waals surface area contributed by atoms with Gasteiger partial charge in [-0.25, -0.2) is 0 Å². The van der Waals surface area contributed by atoms with Gasteiger partial charge in [-0.15, -0.1) is 0 Å². The summed E-state index contributed by atoms with van der Waals surface area (Å²) in [4.78, 5) is 0.593. The molecular weight excluding hydrogens is 236 g/mol. The monoisotopic (exact) mass is 254 g/mol. The molecule has 0 aromatic heterocycles. The van der Waals surface area contributed by atoms with Crippen molar-refractivity contribution in [3.63, 3.8) is 0 Å². The summed E-state index contributed by atoms with van der Waals surface area (Å²) < 4.78 is 0. The van der Waals surface area contributed by atoms with Crippen LogP contribution in [0.4, 0.5) is 0 Å². The van der Waals surface area contributed by atoms with E-state index < -0.39 is 0 Å². The lowest BCUT2D eigenvalue weighted by molar-refractivity contribution is 0.386. The van der Waals surface area contributed by atoms with Gasteiger partial charge in [-0.1, -0.05) is 67.0 Å². The van der Waals surface area contributed by atoms with Crippen LogP contribution in [0.2, 0.25) is 0 Å². The molecule has 14 heavy (non-hydrogen) atoms. The zero-order chi connectivity index (χ0) is 10.6. The molecule has 78 valence electrons. The molecule has 1 heteroatoms. The van der Waals surface area contributed by atoms with Crippen molar-refractivity contribution in [3.8, 4) is 0 Å². The normalized spacial score (nSPS) is 14.0. The first-order valence-corrected chi connectivity index (χ1v) is 6.10. The minimum Gasteiger partial charge on any atom is -0.0885 e. The Balaban J connectivity index is 2.42. The zero-order valence-electron chi connectivity index (χ0n) is 9.26. The number of aryl methyl sites for hydroxylation is 1. The van der Waals surface area contributed by atoms with Gasteiger partial charge >= 0.3 is 0 Å². The van der Waals surface area contributed by atoms with E-state index in [2.05, 4.69) is 67.0 Å². The molecule has 1 atom stereocenters. The highest BCUT2D eigenvalue weighted by Crippen LogP contribution is 2.29. The van der Waals surface area contributed by atoms with Crippen LogP contribution in [0.3, 0.4) is 0 Å². The largest absolute Gasteiger partial charge is 0.0885 e. The fourth-order valence-electron chi connectivity index (χ4n) is 1.37. The second kappa shape index (κ2) is 4.97. The molecule has 0 heterocycles. The minimum atomic E-state index is 0.356. The van der Waals surface area contributed by atoms with E-state index in [1.807, 2.05) is 0 Å². The van der Waals surface area contributed by atoms with Crippen molar-refractivity contribution in [2.24, 2.45) is 5.41 Å². The fraction of sp³-hybridized carbons (Fsp3) is 0.538. The minimum absolute atomic E-state index is 0.356. The van der Waals surface area contributed by atoms with Gasteiger partial charge in [0.2, 0.25) is 0 Å². The molecule has 0 N–H and O–H groups in total. The summed E-state index contributed by atoms with van der Waals surface area (Å²) >= 11 is 3.76. The Morgan fingerprint density at radius 1 is 1.14 bits per heavy atom. The molecule has 1 aromatic rings. The molecule has 0 spiro atoms. The maximum absolute atomic E-state index is 3.76. The Morgan fingerprint density at radius 2 is 1.71 bits per heavy atom. The van der Waals surface area contributed by atoms with E-state index in [-0.39, 0.29) is 0 Å². The highest BCUT2D eigenvalue weighted by atomic mass is 79.9. The molecule has 0 fully saturated rings. The van der Waals surface area contributed by atoms with Crippen molar-refractivity contribution in [3.05, 3.63) is 35.9 Å². The second-order valence-electron chi connectivity index (χ2n) is 4.86. The topological polar surface area (TPSA) is 0 Å². The first kappa shape index (κ1) is 11.8. The van der Waals surface area contributed by atoms with Crippen LogP contribution in [0.15, 0.2) is 30.3 Å². The Morgan fingerprint density at radius 3 is 2.21 bits per heavy atom. The molecule has 1 unspecified atom stereocenters. The smallest absolute Gasteiger partial charge is 0.0197 e. The van der Waals surface area contributed by atoms with E-state index in [1.165, 1.54) is 12.0 Å². The molecule has 0 aliphatic rings. The summed E-state index contributed by atoms with van der Waals surface area (Å²) in [6.45, 7) is 6.83. The van der Waals surface area contributed by atoms with Gasteiger partial charge in [-0.05, 0) is 23.8 Å². The predicted molar refractivity (Wildman–Crippen MR) is 66.9 cm³/mol. The van der Waals surface area contributed by atoms with E-state index >= 15 is 0 Å². The van der Waals surface area contributed by atoms with E-state index in [0.717, 1.165) is 6.42 Å². The molecule has 0 bridgehead atoms. The Kier molecular flexibility index (Phi) is 4.18. The highest BCUT2D eigenvalue weighted by molar-refractivity contribution is 9.09. The molecule has 0 nitrogen and oxygen atoms in total. The van der Waals surface area contributed by atoms with Gasteiger partial charge < -0.3 is 0 Å². The van der Waals surface area contributed by atoms with Crippen LogP contribution < -0.4 is 0 Å². The number of alkyl halides is 1. The summed E-state index contributed by atoms with van der Waals surface area (Å²) in [6.07, 6.45) is 2.36. The zero-order valence-corrected chi connectivity index (χ0v) is 10.8. The standard InChI is InChI=1S/C13H19Br/c1-13(2,3)12(14)10-9-11-7-5-4-6-8-11/h4-8,12H,9-10H2,1-3H3. The van der Waals surface area contributed by atoms with E-state index in [0.29, 0.717) is 10.2 Å².